The zero-order chi connectivity index (χ0) is 40.3. The van der Waals surface area contributed by atoms with E-state index in [0.717, 1.165) is 63.7 Å². The summed E-state index contributed by atoms with van der Waals surface area (Å²) in [5.74, 6) is -0.00636. The van der Waals surface area contributed by atoms with Gasteiger partial charge in [0.05, 0.1) is 0 Å². The molecule has 0 saturated carbocycles. The summed E-state index contributed by atoms with van der Waals surface area (Å²) in [4.78, 5) is 37.7. The van der Waals surface area contributed by atoms with Crippen LogP contribution in [-0.2, 0) is 28.6 Å². The molecule has 0 aromatic rings. The first-order valence-corrected chi connectivity index (χ1v) is 24.4. The number of unbranched alkanes of at least 4 members (excludes halogenated alkanes) is 31. The molecule has 0 aliphatic heterocycles. The van der Waals surface area contributed by atoms with Gasteiger partial charge in [0.2, 0.25) is 0 Å². The van der Waals surface area contributed by atoms with Crippen molar-refractivity contribution in [2.24, 2.45) is 5.92 Å². The minimum Gasteiger partial charge on any atom is -0.462 e. The SMILES string of the molecule is CCCCCCCCCCCCCCC(=O)O[C@@H](COC(=O)CCCCCCCCC)COC(=O)CCCCCCCCCCCCCCCCCC(C)C. The van der Waals surface area contributed by atoms with Gasteiger partial charge < -0.3 is 14.2 Å². The number of hydrogen-bond donors (Lipinski definition) is 0. The number of ether oxygens (including phenoxy) is 3. The second-order valence-corrected chi connectivity index (χ2v) is 17.2. The Bertz CT molecular complexity index is 826. The van der Waals surface area contributed by atoms with Crippen LogP contribution in [0.25, 0.3) is 0 Å². The first-order valence-electron chi connectivity index (χ1n) is 24.4. The van der Waals surface area contributed by atoms with Gasteiger partial charge in [-0.15, -0.1) is 0 Å². The number of carbonyl (C=O) groups excluding carboxylic acids is 3. The van der Waals surface area contributed by atoms with Crippen LogP contribution in [0.2, 0.25) is 0 Å². The lowest BCUT2D eigenvalue weighted by atomic mass is 10.0. The van der Waals surface area contributed by atoms with E-state index < -0.39 is 6.10 Å². The third-order valence-electron chi connectivity index (χ3n) is 11.0. The molecule has 6 heteroatoms. The van der Waals surface area contributed by atoms with Gasteiger partial charge in [0.25, 0.3) is 0 Å². The summed E-state index contributed by atoms with van der Waals surface area (Å²) in [7, 11) is 0. The Morgan fingerprint density at radius 1 is 0.345 bits per heavy atom. The van der Waals surface area contributed by atoms with E-state index in [0.29, 0.717) is 19.3 Å². The van der Waals surface area contributed by atoms with Crippen LogP contribution in [-0.4, -0.2) is 37.2 Å². The quantitative estimate of drug-likeness (QED) is 0.0348. The largest absolute Gasteiger partial charge is 0.462 e. The molecule has 0 saturated heterocycles. The average molecular weight is 779 g/mol. The van der Waals surface area contributed by atoms with Gasteiger partial charge >= 0.3 is 17.9 Å². The van der Waals surface area contributed by atoms with Crippen molar-refractivity contribution in [2.75, 3.05) is 13.2 Å². The Morgan fingerprint density at radius 2 is 0.600 bits per heavy atom. The smallest absolute Gasteiger partial charge is 0.306 e. The zero-order valence-electron chi connectivity index (χ0n) is 37.4. The second-order valence-electron chi connectivity index (χ2n) is 17.2. The summed E-state index contributed by atoms with van der Waals surface area (Å²) < 4.78 is 16.7. The first-order chi connectivity index (χ1) is 26.9. The fourth-order valence-electron chi connectivity index (χ4n) is 7.33. The van der Waals surface area contributed by atoms with Crippen LogP contribution in [0, 0.1) is 5.92 Å². The molecule has 0 radical (unpaired) electrons. The molecule has 0 N–H and O–H groups in total. The molecule has 0 unspecified atom stereocenters. The minimum atomic E-state index is -0.758. The summed E-state index contributed by atoms with van der Waals surface area (Å²) in [6.07, 6.45) is 43.8. The van der Waals surface area contributed by atoms with Crippen molar-refractivity contribution in [3.8, 4) is 0 Å². The molecule has 0 amide bonds. The molecule has 0 aliphatic rings. The molecule has 1 atom stereocenters. The highest BCUT2D eigenvalue weighted by atomic mass is 16.6. The van der Waals surface area contributed by atoms with E-state index in [1.165, 1.54) is 167 Å². The van der Waals surface area contributed by atoms with Gasteiger partial charge in [-0.05, 0) is 25.2 Å². The summed E-state index contributed by atoms with van der Waals surface area (Å²) in [5, 5.41) is 0. The van der Waals surface area contributed by atoms with E-state index in [9.17, 15) is 14.4 Å². The molecule has 0 fully saturated rings. The van der Waals surface area contributed by atoms with E-state index in [4.69, 9.17) is 14.2 Å². The average Bonchev–Trinajstić information content (AvgIpc) is 3.17. The van der Waals surface area contributed by atoms with Gasteiger partial charge in [-0.1, -0.05) is 233 Å². The Morgan fingerprint density at radius 3 is 0.891 bits per heavy atom. The fourth-order valence-corrected chi connectivity index (χ4v) is 7.33. The van der Waals surface area contributed by atoms with Crippen LogP contribution in [0.1, 0.15) is 272 Å². The van der Waals surface area contributed by atoms with Crippen molar-refractivity contribution < 1.29 is 28.6 Å². The van der Waals surface area contributed by atoms with Gasteiger partial charge in [0.1, 0.15) is 13.2 Å². The predicted molar refractivity (Wildman–Crippen MR) is 233 cm³/mol. The molecule has 0 aliphatic carbocycles. The Balaban J connectivity index is 4.18. The summed E-state index contributed by atoms with van der Waals surface area (Å²) in [6, 6.07) is 0. The van der Waals surface area contributed by atoms with E-state index in [1.807, 2.05) is 0 Å². The normalized spacial score (nSPS) is 11.9. The van der Waals surface area contributed by atoms with Crippen molar-refractivity contribution in [3.05, 3.63) is 0 Å². The van der Waals surface area contributed by atoms with Gasteiger partial charge in [0.15, 0.2) is 6.10 Å². The maximum atomic E-state index is 12.7. The first kappa shape index (κ1) is 53.4. The van der Waals surface area contributed by atoms with Gasteiger partial charge in [-0.25, -0.2) is 0 Å². The van der Waals surface area contributed by atoms with Crippen LogP contribution in [0.3, 0.4) is 0 Å². The third kappa shape index (κ3) is 43.4. The highest BCUT2D eigenvalue weighted by Crippen LogP contribution is 2.17. The molecular formula is C49H94O6. The van der Waals surface area contributed by atoms with Gasteiger partial charge in [-0.3, -0.25) is 14.4 Å². The van der Waals surface area contributed by atoms with Crippen molar-refractivity contribution in [1.29, 1.82) is 0 Å². The Kier molecular flexibility index (Phi) is 42.3. The van der Waals surface area contributed by atoms with Gasteiger partial charge in [0, 0.05) is 19.3 Å². The van der Waals surface area contributed by atoms with Crippen molar-refractivity contribution in [2.45, 2.75) is 278 Å². The molecule has 0 aromatic carbocycles. The van der Waals surface area contributed by atoms with Crippen LogP contribution in [0.5, 0.6) is 0 Å². The Labute approximate surface area is 342 Å². The minimum absolute atomic E-state index is 0.0635. The van der Waals surface area contributed by atoms with Crippen LogP contribution in [0.4, 0.5) is 0 Å². The highest BCUT2D eigenvalue weighted by Gasteiger charge is 2.19. The lowest BCUT2D eigenvalue weighted by molar-refractivity contribution is -0.167. The molecule has 0 aromatic heterocycles. The number of rotatable bonds is 44. The van der Waals surface area contributed by atoms with Crippen LogP contribution in [0.15, 0.2) is 0 Å². The molecule has 0 bridgehead atoms. The van der Waals surface area contributed by atoms with Crippen molar-refractivity contribution in [1.82, 2.24) is 0 Å². The van der Waals surface area contributed by atoms with E-state index in [1.54, 1.807) is 0 Å². The number of esters is 3. The van der Waals surface area contributed by atoms with Crippen molar-refractivity contribution in [3.63, 3.8) is 0 Å². The fraction of sp³-hybridized carbons (Fsp3) is 0.939. The Hall–Kier alpha value is -1.59. The van der Waals surface area contributed by atoms with Crippen LogP contribution >= 0.6 is 0 Å². The molecular weight excluding hydrogens is 685 g/mol. The van der Waals surface area contributed by atoms with Crippen LogP contribution < -0.4 is 0 Å². The summed E-state index contributed by atoms with van der Waals surface area (Å²) >= 11 is 0. The maximum absolute atomic E-state index is 12.7. The van der Waals surface area contributed by atoms with E-state index >= 15 is 0 Å². The molecule has 6 nitrogen and oxygen atoms in total. The summed E-state index contributed by atoms with van der Waals surface area (Å²) in [6.45, 7) is 8.98. The van der Waals surface area contributed by atoms with Crippen molar-refractivity contribution >= 4 is 17.9 Å². The van der Waals surface area contributed by atoms with Gasteiger partial charge in [-0.2, -0.15) is 0 Å². The van der Waals surface area contributed by atoms with E-state index in [-0.39, 0.29) is 31.1 Å². The molecule has 0 spiro atoms. The standard InChI is InChI=1S/C49H94O6/c1-5-7-9-11-13-14-15-22-26-30-34-38-42-49(52)55-46(43-53-47(50)40-36-32-27-12-10-8-6-2)44-54-48(51)41-37-33-29-25-23-20-18-16-17-19-21-24-28-31-35-39-45(3)4/h45-46H,5-44H2,1-4H3/t46-/m0/s1. The lowest BCUT2D eigenvalue weighted by Crippen LogP contribution is -2.30. The topological polar surface area (TPSA) is 78.9 Å². The maximum Gasteiger partial charge on any atom is 0.306 e. The number of carbonyl (C=O) groups is 3. The monoisotopic (exact) mass is 779 g/mol. The molecule has 0 heterocycles. The van der Waals surface area contributed by atoms with E-state index in [2.05, 4.69) is 27.7 Å². The lowest BCUT2D eigenvalue weighted by Gasteiger charge is -2.18. The third-order valence-corrected chi connectivity index (χ3v) is 11.0. The summed E-state index contributed by atoms with van der Waals surface area (Å²) in [5.41, 5.74) is 0. The molecule has 55 heavy (non-hydrogen) atoms. The highest BCUT2D eigenvalue weighted by molar-refractivity contribution is 5.71. The predicted octanol–water partition coefficient (Wildman–Crippen LogP) is 15.5. The second kappa shape index (κ2) is 43.5. The molecule has 326 valence electrons. The number of hydrogen-bond acceptors (Lipinski definition) is 6. The zero-order valence-corrected chi connectivity index (χ0v) is 37.4. The molecule has 0 rings (SSSR count).